The largest absolute Gasteiger partial charge is 0.395 e. The van der Waals surface area contributed by atoms with Crippen LogP contribution in [0.3, 0.4) is 0 Å². The second-order valence-corrected chi connectivity index (χ2v) is 3.30. The maximum Gasteiger partial charge on any atom is 0.148 e. The van der Waals surface area contributed by atoms with Crippen molar-refractivity contribution in [2.45, 2.75) is 0 Å². The fourth-order valence-corrected chi connectivity index (χ4v) is 1.48. The van der Waals surface area contributed by atoms with E-state index in [-0.39, 0.29) is 5.69 Å². The van der Waals surface area contributed by atoms with Crippen LogP contribution in [0.4, 0.5) is 21.5 Å². The number of para-hydroxylation sites is 1. The molecule has 3 N–H and O–H groups in total. The van der Waals surface area contributed by atoms with Gasteiger partial charge in [0.1, 0.15) is 5.82 Å². The maximum atomic E-state index is 13.2. The molecule has 0 aliphatic carbocycles. The average Bonchev–Trinajstić information content (AvgIpc) is 2.74. The number of aromatic nitrogens is 1. The molecule has 0 saturated heterocycles. The first kappa shape index (κ1) is 9.58. The summed E-state index contributed by atoms with van der Waals surface area (Å²) in [4.78, 5) is 4.77. The quantitative estimate of drug-likeness (QED) is 0.740. The molecule has 0 radical (unpaired) electrons. The normalized spacial score (nSPS) is 10.3. The van der Waals surface area contributed by atoms with Gasteiger partial charge in [0.2, 0.25) is 0 Å². The van der Waals surface area contributed by atoms with Gasteiger partial charge in [0.25, 0.3) is 0 Å². The summed E-state index contributed by atoms with van der Waals surface area (Å²) in [5.41, 5.74) is 7.43. The Hall–Kier alpha value is -1.97. The van der Waals surface area contributed by atoms with Gasteiger partial charge in [-0.2, -0.15) is 0 Å². The van der Waals surface area contributed by atoms with Gasteiger partial charge in [0, 0.05) is 19.4 Å². The molecule has 0 fully saturated rings. The van der Waals surface area contributed by atoms with Gasteiger partial charge in [-0.15, -0.1) is 0 Å². The van der Waals surface area contributed by atoms with E-state index in [1.165, 1.54) is 6.07 Å². The third kappa shape index (κ3) is 1.66. The Kier molecular flexibility index (Phi) is 2.33. The molecule has 15 heavy (non-hydrogen) atoms. The Labute approximate surface area is 87.3 Å². The number of nitrogens with zero attached hydrogens (tertiary/aromatic N) is 1. The minimum Gasteiger partial charge on any atom is -0.395 e. The van der Waals surface area contributed by atoms with Crippen LogP contribution in [0.25, 0.3) is 0 Å². The number of nitrogens with two attached hydrogens (primary N) is 1. The van der Waals surface area contributed by atoms with Gasteiger partial charge in [-0.1, -0.05) is 6.07 Å². The van der Waals surface area contributed by atoms with Crippen molar-refractivity contribution in [3.8, 4) is 0 Å². The molecule has 0 unspecified atom stereocenters. The molecule has 1 aromatic heterocycles. The van der Waals surface area contributed by atoms with Crippen molar-refractivity contribution in [2.24, 2.45) is 0 Å². The standard InChI is InChI=1S/C11H12FN3/c1-15(8-5-6-14-7-8)10-4-2-3-9(12)11(10)13/h2-7,14H,13H2,1H3. The van der Waals surface area contributed by atoms with Gasteiger partial charge in [0.15, 0.2) is 0 Å². The highest BCUT2D eigenvalue weighted by molar-refractivity contribution is 5.74. The Morgan fingerprint density at radius 3 is 2.80 bits per heavy atom. The third-order valence-electron chi connectivity index (χ3n) is 2.36. The van der Waals surface area contributed by atoms with Gasteiger partial charge in [-0.05, 0) is 18.2 Å². The molecule has 0 spiro atoms. The number of nitrogen functional groups attached to an aromatic ring is 1. The van der Waals surface area contributed by atoms with Crippen LogP contribution >= 0.6 is 0 Å². The summed E-state index contributed by atoms with van der Waals surface area (Å²) in [6.45, 7) is 0. The van der Waals surface area contributed by atoms with Gasteiger partial charge in [-0.25, -0.2) is 4.39 Å². The molecule has 2 aromatic rings. The fourth-order valence-electron chi connectivity index (χ4n) is 1.48. The lowest BCUT2D eigenvalue weighted by atomic mass is 10.2. The van der Waals surface area contributed by atoms with E-state index in [1.54, 1.807) is 18.3 Å². The number of H-pyrrole nitrogens is 1. The first-order valence-corrected chi connectivity index (χ1v) is 4.60. The fraction of sp³-hybridized carbons (Fsp3) is 0.0909. The van der Waals surface area contributed by atoms with Gasteiger partial charge in [-0.3, -0.25) is 0 Å². The summed E-state index contributed by atoms with van der Waals surface area (Å²) in [5.74, 6) is -0.394. The molecule has 3 nitrogen and oxygen atoms in total. The van der Waals surface area contributed by atoms with Crippen molar-refractivity contribution < 1.29 is 4.39 Å². The van der Waals surface area contributed by atoms with Crippen LogP contribution < -0.4 is 10.6 Å². The van der Waals surface area contributed by atoms with Crippen molar-refractivity contribution in [1.82, 2.24) is 4.98 Å². The van der Waals surface area contributed by atoms with Crippen LogP contribution in [0.15, 0.2) is 36.7 Å². The van der Waals surface area contributed by atoms with E-state index in [4.69, 9.17) is 5.73 Å². The molecule has 0 bridgehead atoms. The molecule has 1 heterocycles. The summed E-state index contributed by atoms with van der Waals surface area (Å²) < 4.78 is 13.2. The molecule has 4 heteroatoms. The van der Waals surface area contributed by atoms with Crippen LogP contribution in [-0.4, -0.2) is 12.0 Å². The van der Waals surface area contributed by atoms with E-state index in [0.717, 1.165) is 5.69 Å². The number of aromatic amines is 1. The first-order valence-electron chi connectivity index (χ1n) is 4.60. The van der Waals surface area contributed by atoms with Crippen molar-refractivity contribution in [3.05, 3.63) is 42.5 Å². The lowest BCUT2D eigenvalue weighted by Gasteiger charge is -2.19. The molecular weight excluding hydrogens is 193 g/mol. The second kappa shape index (κ2) is 3.65. The van der Waals surface area contributed by atoms with Crippen molar-refractivity contribution >= 4 is 17.1 Å². The number of halogens is 1. The number of nitrogens with one attached hydrogen (secondary N) is 1. The minimum atomic E-state index is -0.394. The zero-order chi connectivity index (χ0) is 10.8. The summed E-state index contributed by atoms with van der Waals surface area (Å²) in [6.07, 6.45) is 3.63. The van der Waals surface area contributed by atoms with E-state index in [0.29, 0.717) is 5.69 Å². The zero-order valence-corrected chi connectivity index (χ0v) is 8.37. The lowest BCUT2D eigenvalue weighted by Crippen LogP contribution is -2.11. The SMILES string of the molecule is CN(c1cc[nH]c1)c1cccc(F)c1N. The third-order valence-corrected chi connectivity index (χ3v) is 2.36. The molecule has 2 rings (SSSR count). The number of anilines is 3. The van der Waals surface area contributed by atoms with Gasteiger partial charge in [0.05, 0.1) is 17.1 Å². The second-order valence-electron chi connectivity index (χ2n) is 3.30. The van der Waals surface area contributed by atoms with Crippen LogP contribution in [-0.2, 0) is 0 Å². The van der Waals surface area contributed by atoms with Crippen LogP contribution in [0.1, 0.15) is 0 Å². The molecule has 0 amide bonds. The molecule has 78 valence electrons. The van der Waals surface area contributed by atoms with E-state index in [1.807, 2.05) is 24.2 Å². The molecule has 0 atom stereocenters. The van der Waals surface area contributed by atoms with E-state index in [9.17, 15) is 4.39 Å². The van der Waals surface area contributed by atoms with Crippen molar-refractivity contribution in [1.29, 1.82) is 0 Å². The summed E-state index contributed by atoms with van der Waals surface area (Å²) in [5, 5.41) is 0. The summed E-state index contributed by atoms with van der Waals surface area (Å²) in [7, 11) is 1.84. The van der Waals surface area contributed by atoms with Crippen LogP contribution in [0, 0.1) is 5.82 Å². The van der Waals surface area contributed by atoms with Crippen LogP contribution in [0.2, 0.25) is 0 Å². The summed E-state index contributed by atoms with van der Waals surface area (Å²) in [6, 6.07) is 6.67. The highest BCUT2D eigenvalue weighted by Crippen LogP contribution is 2.29. The van der Waals surface area contributed by atoms with Crippen molar-refractivity contribution in [3.63, 3.8) is 0 Å². The predicted octanol–water partition coefficient (Wildman–Crippen LogP) is 2.50. The highest BCUT2D eigenvalue weighted by atomic mass is 19.1. The molecule has 0 aliphatic heterocycles. The molecule has 0 saturated carbocycles. The zero-order valence-electron chi connectivity index (χ0n) is 8.37. The molecule has 0 aliphatic rings. The van der Waals surface area contributed by atoms with E-state index < -0.39 is 5.82 Å². The Morgan fingerprint density at radius 1 is 1.33 bits per heavy atom. The minimum absolute atomic E-state index is 0.168. The highest BCUT2D eigenvalue weighted by Gasteiger charge is 2.10. The Bertz CT molecular complexity index is 451. The monoisotopic (exact) mass is 205 g/mol. The maximum absolute atomic E-state index is 13.2. The average molecular weight is 205 g/mol. The topological polar surface area (TPSA) is 45.0 Å². The number of rotatable bonds is 2. The lowest BCUT2D eigenvalue weighted by molar-refractivity contribution is 0.632. The van der Waals surface area contributed by atoms with E-state index >= 15 is 0 Å². The molecular formula is C11H12FN3. The molecule has 1 aromatic carbocycles. The van der Waals surface area contributed by atoms with Gasteiger partial charge >= 0.3 is 0 Å². The number of benzene rings is 1. The Balaban J connectivity index is 2.42. The van der Waals surface area contributed by atoms with E-state index in [2.05, 4.69) is 4.98 Å². The van der Waals surface area contributed by atoms with Gasteiger partial charge < -0.3 is 15.6 Å². The van der Waals surface area contributed by atoms with Crippen molar-refractivity contribution in [2.75, 3.05) is 17.7 Å². The number of hydrogen-bond acceptors (Lipinski definition) is 2. The Morgan fingerprint density at radius 2 is 2.13 bits per heavy atom. The number of hydrogen-bond donors (Lipinski definition) is 2. The summed E-state index contributed by atoms with van der Waals surface area (Å²) >= 11 is 0. The predicted molar refractivity (Wildman–Crippen MR) is 59.7 cm³/mol. The smallest absolute Gasteiger partial charge is 0.148 e. The van der Waals surface area contributed by atoms with Crippen LogP contribution in [0.5, 0.6) is 0 Å². The first-order chi connectivity index (χ1) is 7.20.